The molecule has 0 unspecified atom stereocenters. The van der Waals surface area contributed by atoms with Crippen LogP contribution < -0.4 is 4.90 Å². The number of amidine groups is 2. The number of benzene rings is 1. The summed E-state index contributed by atoms with van der Waals surface area (Å²) in [5, 5.41) is 18.8. The highest BCUT2D eigenvalue weighted by Crippen LogP contribution is 2.40. The summed E-state index contributed by atoms with van der Waals surface area (Å²) in [6.07, 6.45) is 3.27. The summed E-state index contributed by atoms with van der Waals surface area (Å²) < 4.78 is 5.54. The summed E-state index contributed by atoms with van der Waals surface area (Å²) in [5.74, 6) is 6.11. The van der Waals surface area contributed by atoms with E-state index in [-0.39, 0.29) is 18.1 Å². The van der Waals surface area contributed by atoms with Crippen molar-refractivity contribution < 1.29 is 9.53 Å². The molecule has 3 heterocycles. The Labute approximate surface area is 231 Å². The molecule has 0 bridgehead atoms. The third-order valence-corrected chi connectivity index (χ3v) is 7.07. The smallest absolute Gasteiger partial charge is 0.308 e. The first-order valence-corrected chi connectivity index (χ1v) is 13.2. The number of ether oxygens (including phenoxy) is 1. The molecule has 2 aromatic heterocycles. The Kier molecular flexibility index (Phi) is 7.81. The van der Waals surface area contributed by atoms with Crippen LogP contribution in [0.5, 0.6) is 0 Å². The standard InChI is InChI=1S/C29H28ClN5O2S/c1-17-23(13-8-19-7-6-14-33-16-19)38-28-25(17)26(20-9-11-21(30)12-10-20)34-22(27(32)35(28)18(2)31)15-24(36)37-29(3,4)5/h6-7,9-12,14,16,22,31-32H,15H2,1-5H3/t22-/m0/s1. The van der Waals surface area contributed by atoms with Crippen molar-refractivity contribution in [3.63, 3.8) is 0 Å². The van der Waals surface area contributed by atoms with Gasteiger partial charge in [0.05, 0.1) is 17.0 Å². The molecule has 2 N–H and O–H groups in total. The van der Waals surface area contributed by atoms with E-state index >= 15 is 0 Å². The molecule has 9 heteroatoms. The van der Waals surface area contributed by atoms with Gasteiger partial charge in [-0.3, -0.25) is 30.5 Å². The fourth-order valence-corrected chi connectivity index (χ4v) is 5.36. The number of esters is 1. The number of carbonyl (C=O) groups excluding carboxylic acids is 1. The van der Waals surface area contributed by atoms with Crippen LogP contribution in [0, 0.1) is 29.6 Å². The number of rotatable bonds is 3. The maximum atomic E-state index is 12.8. The van der Waals surface area contributed by atoms with E-state index in [0.29, 0.717) is 15.7 Å². The van der Waals surface area contributed by atoms with Crippen molar-refractivity contribution in [3.05, 3.63) is 80.9 Å². The lowest BCUT2D eigenvalue weighted by Crippen LogP contribution is -2.41. The van der Waals surface area contributed by atoms with Crippen LogP contribution in [0.2, 0.25) is 5.02 Å². The van der Waals surface area contributed by atoms with Gasteiger partial charge >= 0.3 is 5.97 Å². The predicted octanol–water partition coefficient (Wildman–Crippen LogP) is 6.24. The number of anilines is 1. The molecule has 0 amide bonds. The summed E-state index contributed by atoms with van der Waals surface area (Å²) in [6, 6.07) is 10.2. The molecule has 0 fully saturated rings. The minimum absolute atomic E-state index is 0.0293. The summed E-state index contributed by atoms with van der Waals surface area (Å²) >= 11 is 7.57. The Morgan fingerprint density at radius 1 is 1.21 bits per heavy atom. The topological polar surface area (TPSA) is 102 Å². The number of nitrogens with one attached hydrogen (secondary N) is 2. The predicted molar refractivity (Wildman–Crippen MR) is 154 cm³/mol. The van der Waals surface area contributed by atoms with E-state index in [9.17, 15) is 4.79 Å². The second-order valence-electron chi connectivity index (χ2n) is 9.83. The van der Waals surface area contributed by atoms with Gasteiger partial charge in [0.15, 0.2) is 0 Å². The van der Waals surface area contributed by atoms with Crippen LogP contribution in [-0.4, -0.2) is 40.0 Å². The molecule has 0 aliphatic carbocycles. The number of hydrogen-bond donors (Lipinski definition) is 2. The highest BCUT2D eigenvalue weighted by molar-refractivity contribution is 7.17. The normalized spacial score (nSPS) is 15.1. The highest BCUT2D eigenvalue weighted by atomic mass is 35.5. The molecule has 194 valence electrons. The van der Waals surface area contributed by atoms with Crippen LogP contribution in [0.4, 0.5) is 5.00 Å². The van der Waals surface area contributed by atoms with Crippen LogP contribution in [0.25, 0.3) is 0 Å². The van der Waals surface area contributed by atoms with Crippen molar-refractivity contribution in [2.24, 2.45) is 4.99 Å². The lowest BCUT2D eigenvalue weighted by molar-refractivity contribution is -0.154. The lowest BCUT2D eigenvalue weighted by Gasteiger charge is -2.25. The largest absolute Gasteiger partial charge is 0.460 e. The van der Waals surface area contributed by atoms with E-state index in [0.717, 1.165) is 27.1 Å². The number of carbonyl (C=O) groups is 1. The SMILES string of the molecule is CC(=N)N1C(=N)[C@H](CC(=O)OC(C)(C)C)N=C(c2ccc(Cl)cc2)c2c1sc(C#Cc1cccnc1)c2C. The number of pyridine rings is 1. The second kappa shape index (κ2) is 10.9. The van der Waals surface area contributed by atoms with Gasteiger partial charge in [-0.2, -0.15) is 0 Å². The Balaban J connectivity index is 1.90. The lowest BCUT2D eigenvalue weighted by atomic mass is 9.99. The molecule has 1 aliphatic heterocycles. The summed E-state index contributed by atoms with van der Waals surface area (Å²) in [4.78, 5) is 24.2. The average molecular weight is 546 g/mol. The van der Waals surface area contributed by atoms with Crippen molar-refractivity contribution in [1.29, 1.82) is 10.8 Å². The first-order valence-electron chi connectivity index (χ1n) is 12.0. The number of nitrogens with zero attached hydrogens (tertiary/aromatic N) is 3. The second-order valence-corrected chi connectivity index (χ2v) is 11.3. The van der Waals surface area contributed by atoms with Gasteiger partial charge < -0.3 is 4.74 Å². The molecular formula is C29H28ClN5O2S. The Bertz CT molecular complexity index is 1490. The summed E-state index contributed by atoms with van der Waals surface area (Å²) in [7, 11) is 0. The number of aliphatic imine (C=N–C) groups is 1. The van der Waals surface area contributed by atoms with Gasteiger partial charge in [0.25, 0.3) is 0 Å². The third-order valence-electron chi connectivity index (χ3n) is 5.62. The Hall–Kier alpha value is -3.80. The van der Waals surface area contributed by atoms with Crippen LogP contribution in [0.15, 0.2) is 53.8 Å². The minimum atomic E-state index is -0.847. The van der Waals surface area contributed by atoms with Gasteiger partial charge in [-0.25, -0.2) is 0 Å². The van der Waals surface area contributed by atoms with Crippen LogP contribution >= 0.6 is 22.9 Å². The Morgan fingerprint density at radius 3 is 2.53 bits per heavy atom. The molecule has 3 aromatic rings. The molecule has 4 rings (SSSR count). The van der Waals surface area contributed by atoms with Crippen molar-refractivity contribution in [2.75, 3.05) is 4.90 Å². The van der Waals surface area contributed by atoms with E-state index in [1.54, 1.807) is 57.1 Å². The van der Waals surface area contributed by atoms with E-state index in [2.05, 4.69) is 16.8 Å². The number of aromatic nitrogens is 1. The summed E-state index contributed by atoms with van der Waals surface area (Å²) in [6.45, 7) is 8.98. The quantitative estimate of drug-likeness (QED) is 0.176. The maximum absolute atomic E-state index is 12.8. The average Bonchev–Trinajstić information content (AvgIpc) is 3.09. The van der Waals surface area contributed by atoms with Crippen molar-refractivity contribution in [3.8, 4) is 11.8 Å². The van der Waals surface area contributed by atoms with Crippen LogP contribution in [0.1, 0.15) is 61.2 Å². The fourth-order valence-electron chi connectivity index (χ4n) is 4.00. The number of hydrogen-bond acceptors (Lipinski definition) is 7. The first kappa shape index (κ1) is 27.2. The van der Waals surface area contributed by atoms with Crippen molar-refractivity contribution >= 4 is 51.3 Å². The van der Waals surface area contributed by atoms with Gasteiger partial charge in [-0.15, -0.1) is 11.3 Å². The first-order chi connectivity index (χ1) is 17.9. The summed E-state index contributed by atoms with van der Waals surface area (Å²) in [5.41, 5.74) is 3.17. The van der Waals surface area contributed by atoms with E-state index in [1.165, 1.54) is 11.3 Å². The van der Waals surface area contributed by atoms with Gasteiger partial charge in [0.1, 0.15) is 28.3 Å². The van der Waals surface area contributed by atoms with E-state index < -0.39 is 17.6 Å². The van der Waals surface area contributed by atoms with Crippen LogP contribution in [0.3, 0.4) is 0 Å². The fraction of sp³-hybridized carbons (Fsp3) is 0.276. The monoisotopic (exact) mass is 545 g/mol. The van der Waals surface area contributed by atoms with Gasteiger partial charge in [-0.1, -0.05) is 35.6 Å². The molecule has 1 atom stereocenters. The van der Waals surface area contributed by atoms with Gasteiger partial charge in [0.2, 0.25) is 0 Å². The number of halogens is 1. The molecule has 38 heavy (non-hydrogen) atoms. The Morgan fingerprint density at radius 2 is 1.92 bits per heavy atom. The number of thiophene rings is 1. The maximum Gasteiger partial charge on any atom is 0.308 e. The molecule has 1 aromatic carbocycles. The molecule has 0 saturated heterocycles. The van der Waals surface area contributed by atoms with Crippen molar-refractivity contribution in [1.82, 2.24) is 4.98 Å². The van der Waals surface area contributed by atoms with Crippen LogP contribution in [-0.2, 0) is 9.53 Å². The molecule has 0 radical (unpaired) electrons. The molecule has 7 nitrogen and oxygen atoms in total. The zero-order chi connectivity index (χ0) is 27.6. The minimum Gasteiger partial charge on any atom is -0.460 e. The molecule has 0 spiro atoms. The van der Waals surface area contributed by atoms with Gasteiger partial charge in [0, 0.05) is 34.1 Å². The van der Waals surface area contributed by atoms with Gasteiger partial charge in [-0.05, 0) is 64.4 Å². The molecule has 0 saturated carbocycles. The number of fused-ring (bicyclic) bond motifs is 1. The zero-order valence-corrected chi connectivity index (χ0v) is 23.4. The zero-order valence-electron chi connectivity index (χ0n) is 21.8. The molecular weight excluding hydrogens is 518 g/mol. The van der Waals surface area contributed by atoms with Crippen molar-refractivity contribution in [2.45, 2.75) is 52.7 Å². The van der Waals surface area contributed by atoms with E-state index in [1.807, 2.05) is 31.2 Å². The third kappa shape index (κ3) is 6.01. The van der Waals surface area contributed by atoms with E-state index in [4.69, 9.17) is 32.1 Å². The molecule has 1 aliphatic rings. The highest BCUT2D eigenvalue weighted by Gasteiger charge is 2.36.